The molecule has 0 spiro atoms. The zero-order valence-electron chi connectivity index (χ0n) is 18.6. The molecule has 0 fully saturated rings. The summed E-state index contributed by atoms with van der Waals surface area (Å²) in [4.78, 5) is 59.5. The summed E-state index contributed by atoms with van der Waals surface area (Å²) in [5, 5.41) is 44.0. The molecule has 0 aromatic carbocycles. The SMILES string of the molecule is CC(C)CC(N)C(=O)NC(C(=O)NC(CCC(=O)O)C(=O)NC(C(=O)O)C(C)O)C(C)O. The molecule has 6 unspecified atom stereocenters. The van der Waals surface area contributed by atoms with Crippen molar-refractivity contribution in [1.82, 2.24) is 16.0 Å². The molecule has 0 heterocycles. The first-order chi connectivity index (χ1) is 14.7. The first-order valence-electron chi connectivity index (χ1n) is 10.1. The van der Waals surface area contributed by atoms with Gasteiger partial charge in [0.2, 0.25) is 17.7 Å². The van der Waals surface area contributed by atoms with E-state index in [1.165, 1.54) is 6.92 Å². The molecular weight excluding hydrogens is 428 g/mol. The van der Waals surface area contributed by atoms with Gasteiger partial charge in [-0.15, -0.1) is 0 Å². The molecule has 0 aromatic heterocycles. The number of carboxylic acid groups (broad SMARTS) is 2. The topological polar surface area (TPSA) is 228 Å². The number of rotatable bonds is 14. The third-order valence-corrected chi connectivity index (χ3v) is 4.45. The van der Waals surface area contributed by atoms with Crippen LogP contribution in [0.2, 0.25) is 0 Å². The highest BCUT2D eigenvalue weighted by molar-refractivity contribution is 5.94. The summed E-state index contributed by atoms with van der Waals surface area (Å²) in [6.45, 7) is 6.03. The number of carbonyl (C=O) groups excluding carboxylic acids is 3. The summed E-state index contributed by atoms with van der Waals surface area (Å²) in [6.07, 6.45) is -3.50. The fourth-order valence-corrected chi connectivity index (χ4v) is 2.72. The molecule has 13 heteroatoms. The number of carbonyl (C=O) groups is 5. The Bertz CT molecular complexity index is 682. The fraction of sp³-hybridized carbons (Fsp3) is 0.737. The molecule has 3 amide bonds. The number of nitrogens with one attached hydrogen (secondary N) is 3. The van der Waals surface area contributed by atoms with Gasteiger partial charge in [0.15, 0.2) is 6.04 Å². The Balaban J connectivity index is 5.48. The molecule has 0 bridgehead atoms. The normalized spacial score (nSPS) is 16.8. The molecule has 0 saturated carbocycles. The van der Waals surface area contributed by atoms with Crippen molar-refractivity contribution in [3.63, 3.8) is 0 Å². The van der Waals surface area contributed by atoms with Crippen LogP contribution >= 0.6 is 0 Å². The summed E-state index contributed by atoms with van der Waals surface area (Å²) >= 11 is 0. The summed E-state index contributed by atoms with van der Waals surface area (Å²) in [5.74, 6) is -5.48. The van der Waals surface area contributed by atoms with Gasteiger partial charge in [0.05, 0.1) is 18.2 Å². The zero-order valence-corrected chi connectivity index (χ0v) is 18.6. The Morgan fingerprint density at radius 2 is 1.28 bits per heavy atom. The Morgan fingerprint density at radius 3 is 1.69 bits per heavy atom. The molecule has 13 nitrogen and oxygen atoms in total. The Morgan fingerprint density at radius 1 is 0.781 bits per heavy atom. The van der Waals surface area contributed by atoms with Crippen molar-refractivity contribution in [2.75, 3.05) is 0 Å². The minimum Gasteiger partial charge on any atom is -0.481 e. The number of aliphatic hydroxyl groups excluding tert-OH is 2. The quantitative estimate of drug-likeness (QED) is 0.135. The number of carboxylic acids is 2. The predicted molar refractivity (Wildman–Crippen MR) is 111 cm³/mol. The third-order valence-electron chi connectivity index (χ3n) is 4.45. The highest BCUT2D eigenvalue weighted by atomic mass is 16.4. The second kappa shape index (κ2) is 13.6. The third kappa shape index (κ3) is 10.5. The maximum absolute atomic E-state index is 12.7. The first kappa shape index (κ1) is 29.2. The number of hydrogen-bond acceptors (Lipinski definition) is 8. The summed E-state index contributed by atoms with van der Waals surface area (Å²) in [5.41, 5.74) is 5.77. The van der Waals surface area contributed by atoms with Crippen LogP contribution in [-0.4, -0.2) is 86.5 Å². The lowest BCUT2D eigenvalue weighted by Crippen LogP contribution is -2.60. The highest BCUT2D eigenvalue weighted by Gasteiger charge is 2.33. The van der Waals surface area contributed by atoms with Gasteiger partial charge < -0.3 is 42.1 Å². The van der Waals surface area contributed by atoms with E-state index in [1.807, 2.05) is 19.2 Å². The first-order valence-corrected chi connectivity index (χ1v) is 10.1. The molecule has 0 aliphatic rings. The Labute approximate surface area is 185 Å². The maximum atomic E-state index is 12.7. The fourth-order valence-electron chi connectivity index (χ4n) is 2.72. The molecule has 0 aromatic rings. The van der Waals surface area contributed by atoms with E-state index < -0.39 is 78.9 Å². The van der Waals surface area contributed by atoms with Gasteiger partial charge in [-0.2, -0.15) is 0 Å². The molecule has 0 rings (SSSR count). The van der Waals surface area contributed by atoms with Crippen LogP contribution in [0.3, 0.4) is 0 Å². The van der Waals surface area contributed by atoms with Gasteiger partial charge in [-0.1, -0.05) is 13.8 Å². The Hall–Kier alpha value is -2.77. The standard InChI is InChI=1S/C19H34N4O9/c1-8(2)7-11(20)16(28)22-14(9(3)24)18(30)21-12(5-6-13(26)27)17(29)23-15(10(4)25)19(31)32/h8-12,14-15,24-25H,5-7,20H2,1-4H3,(H,21,30)(H,22,28)(H,23,29)(H,26,27)(H,31,32). The van der Waals surface area contributed by atoms with E-state index in [-0.39, 0.29) is 5.92 Å². The van der Waals surface area contributed by atoms with Gasteiger partial charge in [-0.05, 0) is 32.6 Å². The van der Waals surface area contributed by atoms with Gasteiger partial charge >= 0.3 is 11.9 Å². The second-order valence-electron chi connectivity index (χ2n) is 8.02. The van der Waals surface area contributed by atoms with Crippen LogP contribution in [-0.2, 0) is 24.0 Å². The average Bonchev–Trinajstić information content (AvgIpc) is 2.65. The van der Waals surface area contributed by atoms with E-state index in [1.54, 1.807) is 0 Å². The smallest absolute Gasteiger partial charge is 0.328 e. The number of nitrogens with two attached hydrogens (primary N) is 1. The van der Waals surface area contributed by atoms with E-state index in [9.17, 15) is 34.2 Å². The minimum atomic E-state index is -1.70. The van der Waals surface area contributed by atoms with Crippen LogP contribution in [0, 0.1) is 5.92 Å². The molecule has 0 saturated heterocycles. The zero-order chi connectivity index (χ0) is 25.2. The molecule has 0 aliphatic heterocycles. The summed E-state index contributed by atoms with van der Waals surface area (Å²) in [7, 11) is 0. The average molecular weight is 463 g/mol. The van der Waals surface area contributed by atoms with Crippen molar-refractivity contribution in [1.29, 1.82) is 0 Å². The molecule has 32 heavy (non-hydrogen) atoms. The van der Waals surface area contributed by atoms with Crippen LogP contribution in [0.1, 0.15) is 47.0 Å². The van der Waals surface area contributed by atoms with Crippen molar-refractivity contribution in [3.8, 4) is 0 Å². The maximum Gasteiger partial charge on any atom is 0.328 e. The van der Waals surface area contributed by atoms with Crippen molar-refractivity contribution in [2.24, 2.45) is 11.7 Å². The molecule has 0 aliphatic carbocycles. The number of aliphatic hydroxyl groups is 2. The van der Waals surface area contributed by atoms with Crippen molar-refractivity contribution in [2.45, 2.75) is 83.3 Å². The highest BCUT2D eigenvalue weighted by Crippen LogP contribution is 2.06. The van der Waals surface area contributed by atoms with E-state index in [0.717, 1.165) is 6.92 Å². The largest absolute Gasteiger partial charge is 0.481 e. The molecule has 6 atom stereocenters. The van der Waals surface area contributed by atoms with Crippen LogP contribution in [0.15, 0.2) is 0 Å². The monoisotopic (exact) mass is 462 g/mol. The van der Waals surface area contributed by atoms with E-state index in [2.05, 4.69) is 10.6 Å². The molecule has 184 valence electrons. The van der Waals surface area contributed by atoms with E-state index >= 15 is 0 Å². The van der Waals surface area contributed by atoms with E-state index in [0.29, 0.717) is 6.42 Å². The summed E-state index contributed by atoms with van der Waals surface area (Å²) in [6, 6.07) is -5.67. The Kier molecular flexibility index (Phi) is 12.4. The molecule has 9 N–H and O–H groups in total. The number of amides is 3. The van der Waals surface area contributed by atoms with Crippen molar-refractivity contribution in [3.05, 3.63) is 0 Å². The number of aliphatic carboxylic acids is 2. The number of hydrogen-bond donors (Lipinski definition) is 8. The van der Waals surface area contributed by atoms with Crippen LogP contribution in [0.4, 0.5) is 0 Å². The second-order valence-corrected chi connectivity index (χ2v) is 8.02. The lowest BCUT2D eigenvalue weighted by Gasteiger charge is -2.27. The van der Waals surface area contributed by atoms with Gasteiger partial charge in [0.1, 0.15) is 12.1 Å². The van der Waals surface area contributed by atoms with Crippen LogP contribution in [0.5, 0.6) is 0 Å². The summed E-state index contributed by atoms with van der Waals surface area (Å²) < 4.78 is 0. The van der Waals surface area contributed by atoms with Gasteiger partial charge in [0, 0.05) is 6.42 Å². The van der Waals surface area contributed by atoms with Crippen LogP contribution in [0.25, 0.3) is 0 Å². The molecule has 0 radical (unpaired) electrons. The van der Waals surface area contributed by atoms with Gasteiger partial charge in [-0.25, -0.2) is 4.79 Å². The van der Waals surface area contributed by atoms with Gasteiger partial charge in [-0.3, -0.25) is 19.2 Å². The molecular formula is C19H34N4O9. The van der Waals surface area contributed by atoms with Crippen LogP contribution < -0.4 is 21.7 Å². The minimum absolute atomic E-state index is 0.0924. The van der Waals surface area contributed by atoms with Crippen molar-refractivity contribution < 1.29 is 44.4 Å². The van der Waals surface area contributed by atoms with Gasteiger partial charge in [0.25, 0.3) is 0 Å². The lowest BCUT2D eigenvalue weighted by molar-refractivity contribution is -0.145. The van der Waals surface area contributed by atoms with Crippen molar-refractivity contribution >= 4 is 29.7 Å². The lowest BCUT2D eigenvalue weighted by atomic mass is 10.0. The van der Waals surface area contributed by atoms with E-state index in [4.69, 9.17) is 15.9 Å². The predicted octanol–water partition coefficient (Wildman–Crippen LogP) is -2.47.